The number of hydrogen-bond acceptors (Lipinski definition) is 3. The summed E-state index contributed by atoms with van der Waals surface area (Å²) < 4.78 is 0. The van der Waals surface area contributed by atoms with Gasteiger partial charge in [0, 0.05) is 18.8 Å². The first-order valence-electron chi connectivity index (χ1n) is 5.88. The van der Waals surface area contributed by atoms with Crippen molar-refractivity contribution in [1.82, 2.24) is 0 Å². The number of nitrogens with one attached hydrogen (secondary N) is 1. The third-order valence-electron chi connectivity index (χ3n) is 3.26. The number of hydrogen-bond donors (Lipinski definition) is 3. The molecule has 3 N–H and O–H groups in total. The Morgan fingerprint density at radius 1 is 1.19 bits per heavy atom. The van der Waals surface area contributed by atoms with Crippen LogP contribution in [-0.4, -0.2) is 29.0 Å². The van der Waals surface area contributed by atoms with Gasteiger partial charge in [-0.3, -0.25) is 0 Å². The number of benzene rings is 1. The molecule has 2 rings (SSSR count). The lowest BCUT2D eigenvalue weighted by Crippen LogP contribution is -2.43. The molecule has 16 heavy (non-hydrogen) atoms. The van der Waals surface area contributed by atoms with E-state index in [0.29, 0.717) is 13.0 Å². The minimum absolute atomic E-state index is 0.187. The number of rotatable bonds is 5. The highest BCUT2D eigenvalue weighted by atomic mass is 16.3. The van der Waals surface area contributed by atoms with Crippen molar-refractivity contribution in [3.8, 4) is 0 Å². The summed E-state index contributed by atoms with van der Waals surface area (Å²) >= 11 is 0. The summed E-state index contributed by atoms with van der Waals surface area (Å²) in [6.45, 7) is 0.818. The lowest BCUT2D eigenvalue weighted by atomic mass is 9.80. The molecule has 88 valence electrons. The van der Waals surface area contributed by atoms with Crippen LogP contribution in [0.1, 0.15) is 24.8 Å². The number of aliphatic hydroxyl groups excluding tert-OH is 1. The first-order valence-corrected chi connectivity index (χ1v) is 5.88. The van der Waals surface area contributed by atoms with E-state index in [9.17, 15) is 5.11 Å². The van der Waals surface area contributed by atoms with Crippen LogP contribution in [0, 0.1) is 0 Å². The molecule has 0 bridgehead atoms. The van der Waals surface area contributed by atoms with E-state index in [2.05, 4.69) is 5.32 Å². The van der Waals surface area contributed by atoms with Gasteiger partial charge >= 0.3 is 0 Å². The zero-order valence-electron chi connectivity index (χ0n) is 9.45. The molecular formula is C13H19NO2. The van der Waals surface area contributed by atoms with Crippen LogP contribution in [-0.2, 0) is 6.42 Å². The van der Waals surface area contributed by atoms with Crippen LogP contribution < -0.4 is 5.32 Å². The molecule has 1 aromatic carbocycles. The smallest absolute Gasteiger partial charge is 0.0819 e. The zero-order chi connectivity index (χ0) is 11.4. The van der Waals surface area contributed by atoms with Gasteiger partial charge in [0.2, 0.25) is 0 Å². The average Bonchev–Trinajstić information content (AvgIpc) is 2.26. The van der Waals surface area contributed by atoms with Crippen molar-refractivity contribution in [2.24, 2.45) is 0 Å². The average molecular weight is 221 g/mol. The van der Waals surface area contributed by atoms with E-state index in [4.69, 9.17) is 5.11 Å². The van der Waals surface area contributed by atoms with Gasteiger partial charge in [-0.2, -0.15) is 0 Å². The van der Waals surface area contributed by atoms with E-state index in [1.807, 2.05) is 24.3 Å². The molecule has 0 heterocycles. The maximum atomic E-state index is 9.91. The van der Waals surface area contributed by atoms with E-state index >= 15 is 0 Å². The third kappa shape index (κ3) is 2.74. The molecule has 0 amide bonds. The van der Waals surface area contributed by atoms with E-state index in [1.54, 1.807) is 0 Å². The maximum absolute atomic E-state index is 9.91. The lowest BCUT2D eigenvalue weighted by molar-refractivity contribution is -0.0201. The van der Waals surface area contributed by atoms with Crippen LogP contribution in [0.2, 0.25) is 0 Å². The SMILES string of the molecule is OCCc1ccc(NCC2(O)CCC2)cc1. The van der Waals surface area contributed by atoms with Gasteiger partial charge in [-0.15, -0.1) is 0 Å². The van der Waals surface area contributed by atoms with Crippen LogP contribution in [0.3, 0.4) is 0 Å². The highest BCUT2D eigenvalue weighted by Gasteiger charge is 2.33. The fraction of sp³-hybridized carbons (Fsp3) is 0.538. The predicted octanol–water partition coefficient (Wildman–Crippen LogP) is 1.55. The van der Waals surface area contributed by atoms with E-state index in [0.717, 1.165) is 30.5 Å². The van der Waals surface area contributed by atoms with Crippen LogP contribution in [0.15, 0.2) is 24.3 Å². The van der Waals surface area contributed by atoms with Crippen molar-refractivity contribution < 1.29 is 10.2 Å². The van der Waals surface area contributed by atoms with Gasteiger partial charge in [0.25, 0.3) is 0 Å². The Morgan fingerprint density at radius 3 is 2.38 bits per heavy atom. The van der Waals surface area contributed by atoms with Crippen LogP contribution in [0.25, 0.3) is 0 Å². The minimum Gasteiger partial charge on any atom is -0.396 e. The van der Waals surface area contributed by atoms with Gasteiger partial charge < -0.3 is 15.5 Å². The first kappa shape index (κ1) is 11.4. The molecule has 1 saturated carbocycles. The molecule has 1 aromatic rings. The molecule has 0 radical (unpaired) electrons. The molecular weight excluding hydrogens is 202 g/mol. The molecule has 0 saturated heterocycles. The third-order valence-corrected chi connectivity index (χ3v) is 3.26. The Labute approximate surface area is 96.1 Å². The van der Waals surface area contributed by atoms with Crippen molar-refractivity contribution in [3.63, 3.8) is 0 Å². The molecule has 1 fully saturated rings. The van der Waals surface area contributed by atoms with Gasteiger partial charge in [-0.25, -0.2) is 0 Å². The Balaban J connectivity index is 1.85. The van der Waals surface area contributed by atoms with Crippen LogP contribution in [0.5, 0.6) is 0 Å². The topological polar surface area (TPSA) is 52.5 Å². The second-order valence-corrected chi connectivity index (χ2v) is 4.60. The molecule has 1 aliphatic rings. The lowest BCUT2D eigenvalue weighted by Gasteiger charge is -2.36. The standard InChI is InChI=1S/C13H19NO2/c15-9-6-11-2-4-12(5-3-11)14-10-13(16)7-1-8-13/h2-5,14-16H,1,6-10H2. The summed E-state index contributed by atoms with van der Waals surface area (Å²) in [6, 6.07) is 7.99. The summed E-state index contributed by atoms with van der Waals surface area (Å²) in [6.07, 6.45) is 3.64. The molecule has 0 atom stereocenters. The monoisotopic (exact) mass is 221 g/mol. The zero-order valence-corrected chi connectivity index (χ0v) is 9.45. The van der Waals surface area contributed by atoms with Crippen molar-refractivity contribution in [1.29, 1.82) is 0 Å². The van der Waals surface area contributed by atoms with E-state index < -0.39 is 5.60 Å². The van der Waals surface area contributed by atoms with E-state index in [1.165, 1.54) is 0 Å². The fourth-order valence-electron chi connectivity index (χ4n) is 1.95. The molecule has 0 spiro atoms. The second kappa shape index (κ2) is 4.85. The normalized spacial score (nSPS) is 17.9. The molecule has 0 unspecified atom stereocenters. The maximum Gasteiger partial charge on any atom is 0.0819 e. The highest BCUT2D eigenvalue weighted by Crippen LogP contribution is 2.31. The molecule has 3 nitrogen and oxygen atoms in total. The van der Waals surface area contributed by atoms with Crippen molar-refractivity contribution in [2.45, 2.75) is 31.3 Å². The largest absolute Gasteiger partial charge is 0.396 e. The van der Waals surface area contributed by atoms with Crippen molar-refractivity contribution in [3.05, 3.63) is 29.8 Å². The second-order valence-electron chi connectivity index (χ2n) is 4.60. The number of aliphatic hydroxyl groups is 2. The Morgan fingerprint density at radius 2 is 1.88 bits per heavy atom. The Bertz CT molecular complexity index is 330. The molecule has 0 aromatic heterocycles. The summed E-state index contributed by atoms with van der Waals surface area (Å²) in [5.41, 5.74) is 1.68. The van der Waals surface area contributed by atoms with Crippen LogP contribution >= 0.6 is 0 Å². The van der Waals surface area contributed by atoms with Gasteiger partial charge in [0.1, 0.15) is 0 Å². The molecule has 0 aliphatic heterocycles. The first-order chi connectivity index (χ1) is 7.72. The summed E-state index contributed by atoms with van der Waals surface area (Å²) in [4.78, 5) is 0. The molecule has 3 heteroatoms. The van der Waals surface area contributed by atoms with Gasteiger partial charge in [0.05, 0.1) is 5.60 Å². The Hall–Kier alpha value is -1.06. The fourth-order valence-corrected chi connectivity index (χ4v) is 1.95. The van der Waals surface area contributed by atoms with Crippen molar-refractivity contribution >= 4 is 5.69 Å². The Kier molecular flexibility index (Phi) is 3.46. The van der Waals surface area contributed by atoms with Crippen molar-refractivity contribution in [2.75, 3.05) is 18.5 Å². The molecule has 1 aliphatic carbocycles. The minimum atomic E-state index is -0.482. The summed E-state index contributed by atoms with van der Waals surface area (Å²) in [5.74, 6) is 0. The summed E-state index contributed by atoms with van der Waals surface area (Å²) in [5, 5.41) is 21.9. The van der Waals surface area contributed by atoms with Crippen LogP contribution in [0.4, 0.5) is 5.69 Å². The highest BCUT2D eigenvalue weighted by molar-refractivity contribution is 5.45. The quantitative estimate of drug-likeness (QED) is 0.707. The van der Waals surface area contributed by atoms with Gasteiger partial charge in [-0.05, 0) is 43.4 Å². The number of anilines is 1. The van der Waals surface area contributed by atoms with Gasteiger partial charge in [-0.1, -0.05) is 12.1 Å². The summed E-state index contributed by atoms with van der Waals surface area (Å²) in [7, 11) is 0. The predicted molar refractivity (Wildman–Crippen MR) is 64.5 cm³/mol. The van der Waals surface area contributed by atoms with Gasteiger partial charge in [0.15, 0.2) is 0 Å². The van der Waals surface area contributed by atoms with E-state index in [-0.39, 0.29) is 6.61 Å².